The number of aromatic hydroxyl groups is 2. The number of benzene rings is 2. The fourth-order valence-corrected chi connectivity index (χ4v) is 4.10. The van der Waals surface area contributed by atoms with Gasteiger partial charge in [0.15, 0.2) is 0 Å². The zero-order chi connectivity index (χ0) is 23.0. The SMILES string of the molecule is Oc1cc(Br)ccc1C=NCCCCCCCCCCCCN=Cc1ccc(Br)cc1O. The molecule has 0 aliphatic carbocycles. The van der Waals surface area contributed by atoms with Crippen LogP contribution in [0.25, 0.3) is 0 Å². The van der Waals surface area contributed by atoms with Gasteiger partial charge in [-0.1, -0.05) is 83.2 Å². The first-order chi connectivity index (χ1) is 15.6. The molecule has 0 aliphatic rings. The number of phenolic OH excluding ortho intramolecular Hbond substituents is 2. The van der Waals surface area contributed by atoms with E-state index in [4.69, 9.17) is 0 Å². The van der Waals surface area contributed by atoms with Crippen LogP contribution in [0.5, 0.6) is 11.5 Å². The molecule has 0 aromatic heterocycles. The molecule has 0 aliphatic heterocycles. The maximum absolute atomic E-state index is 9.83. The minimum Gasteiger partial charge on any atom is -0.507 e. The molecule has 0 unspecified atom stereocenters. The van der Waals surface area contributed by atoms with E-state index in [0.29, 0.717) is 0 Å². The van der Waals surface area contributed by atoms with Gasteiger partial charge in [-0.15, -0.1) is 0 Å². The second-order valence-electron chi connectivity index (χ2n) is 8.01. The number of halogens is 2. The highest BCUT2D eigenvalue weighted by Gasteiger charge is 1.99. The van der Waals surface area contributed by atoms with Gasteiger partial charge in [-0.2, -0.15) is 0 Å². The van der Waals surface area contributed by atoms with Crippen molar-refractivity contribution in [2.24, 2.45) is 9.98 Å². The van der Waals surface area contributed by atoms with Crippen LogP contribution in [0.15, 0.2) is 55.3 Å². The van der Waals surface area contributed by atoms with Crippen molar-refractivity contribution in [3.8, 4) is 11.5 Å². The summed E-state index contributed by atoms with van der Waals surface area (Å²) in [7, 11) is 0. The van der Waals surface area contributed by atoms with Crippen LogP contribution in [0.3, 0.4) is 0 Å². The fraction of sp³-hybridized carbons (Fsp3) is 0.462. The molecule has 0 bridgehead atoms. The maximum atomic E-state index is 9.83. The third-order valence-corrected chi connectivity index (χ3v) is 6.26. The van der Waals surface area contributed by atoms with Gasteiger partial charge in [-0.05, 0) is 49.2 Å². The Hall–Kier alpha value is -1.66. The fourth-order valence-electron chi connectivity index (χ4n) is 3.40. The molecular formula is C26H34Br2N2O2. The molecule has 0 radical (unpaired) electrons. The molecule has 4 nitrogen and oxygen atoms in total. The van der Waals surface area contributed by atoms with Crippen molar-refractivity contribution < 1.29 is 10.2 Å². The summed E-state index contributed by atoms with van der Waals surface area (Å²) in [6, 6.07) is 10.9. The molecule has 0 amide bonds. The van der Waals surface area contributed by atoms with E-state index in [2.05, 4.69) is 41.8 Å². The van der Waals surface area contributed by atoms with Gasteiger partial charge < -0.3 is 10.2 Å². The Morgan fingerprint density at radius 1 is 0.562 bits per heavy atom. The predicted molar refractivity (Wildman–Crippen MR) is 143 cm³/mol. The Bertz CT molecular complexity index is 797. The van der Waals surface area contributed by atoms with Gasteiger partial charge in [-0.3, -0.25) is 9.98 Å². The second kappa shape index (κ2) is 16.0. The lowest BCUT2D eigenvalue weighted by molar-refractivity contribution is 0.473. The minimum atomic E-state index is 0.261. The zero-order valence-corrected chi connectivity index (χ0v) is 21.8. The summed E-state index contributed by atoms with van der Waals surface area (Å²) >= 11 is 6.68. The second-order valence-corrected chi connectivity index (χ2v) is 9.84. The molecule has 174 valence electrons. The Labute approximate surface area is 209 Å². The average molecular weight is 566 g/mol. The molecule has 0 fully saturated rings. The van der Waals surface area contributed by atoms with Gasteiger partial charge in [0, 0.05) is 45.6 Å². The van der Waals surface area contributed by atoms with E-state index in [9.17, 15) is 10.2 Å². The quantitative estimate of drug-likeness (QED) is 0.169. The van der Waals surface area contributed by atoms with E-state index in [0.717, 1.165) is 46.0 Å². The van der Waals surface area contributed by atoms with E-state index in [1.165, 1.54) is 51.4 Å². The first-order valence-electron chi connectivity index (χ1n) is 11.5. The summed E-state index contributed by atoms with van der Waals surface area (Å²) < 4.78 is 1.74. The van der Waals surface area contributed by atoms with Crippen molar-refractivity contribution in [1.82, 2.24) is 0 Å². The third-order valence-electron chi connectivity index (χ3n) is 5.27. The van der Waals surface area contributed by atoms with E-state index < -0.39 is 0 Å². The van der Waals surface area contributed by atoms with Crippen molar-refractivity contribution in [2.45, 2.75) is 64.2 Å². The Balaban J connectivity index is 1.38. The van der Waals surface area contributed by atoms with Crippen molar-refractivity contribution in [1.29, 1.82) is 0 Å². The molecular weight excluding hydrogens is 532 g/mol. The standard InChI is InChI=1S/C26H34Br2N2O2/c27-23-13-11-21(25(31)17-23)19-29-15-9-7-5-3-1-2-4-6-8-10-16-30-20-22-12-14-24(28)18-26(22)32/h11-14,17-20,31-32H,1-10,15-16H2. The summed E-state index contributed by atoms with van der Waals surface area (Å²) in [5.41, 5.74) is 1.53. The van der Waals surface area contributed by atoms with Crippen LogP contribution in [-0.4, -0.2) is 35.7 Å². The van der Waals surface area contributed by atoms with Crippen LogP contribution in [0.2, 0.25) is 0 Å². The van der Waals surface area contributed by atoms with E-state index in [1.807, 2.05) is 24.3 Å². The van der Waals surface area contributed by atoms with Gasteiger partial charge in [-0.25, -0.2) is 0 Å². The van der Waals surface area contributed by atoms with Gasteiger partial charge in [0.05, 0.1) is 0 Å². The summed E-state index contributed by atoms with van der Waals surface area (Å²) in [4.78, 5) is 8.84. The molecule has 2 aromatic carbocycles. The highest BCUT2D eigenvalue weighted by atomic mass is 79.9. The number of phenols is 2. The largest absolute Gasteiger partial charge is 0.507 e. The van der Waals surface area contributed by atoms with Crippen LogP contribution in [0.1, 0.15) is 75.3 Å². The first kappa shape index (κ1) is 26.6. The number of hydrogen-bond donors (Lipinski definition) is 2. The topological polar surface area (TPSA) is 65.2 Å². The molecule has 0 saturated heterocycles. The van der Waals surface area contributed by atoms with Crippen molar-refractivity contribution in [3.05, 3.63) is 56.5 Å². The summed E-state index contributed by atoms with van der Waals surface area (Å²) in [5, 5.41) is 19.7. The molecule has 2 N–H and O–H groups in total. The van der Waals surface area contributed by atoms with Crippen molar-refractivity contribution >= 4 is 44.3 Å². The lowest BCUT2D eigenvalue weighted by atomic mass is 10.1. The van der Waals surface area contributed by atoms with E-state index in [-0.39, 0.29) is 11.5 Å². The summed E-state index contributed by atoms with van der Waals surface area (Å²) in [6.45, 7) is 1.64. The Morgan fingerprint density at radius 3 is 1.25 bits per heavy atom. The van der Waals surface area contributed by atoms with Crippen LogP contribution >= 0.6 is 31.9 Å². The highest BCUT2D eigenvalue weighted by molar-refractivity contribution is 9.10. The van der Waals surface area contributed by atoms with Crippen LogP contribution in [0.4, 0.5) is 0 Å². The maximum Gasteiger partial charge on any atom is 0.125 e. The molecule has 0 spiro atoms. The zero-order valence-electron chi connectivity index (χ0n) is 18.6. The van der Waals surface area contributed by atoms with Gasteiger partial charge >= 0.3 is 0 Å². The molecule has 0 atom stereocenters. The molecule has 6 heteroatoms. The minimum absolute atomic E-state index is 0.261. The number of hydrogen-bond acceptors (Lipinski definition) is 4. The van der Waals surface area contributed by atoms with Crippen LogP contribution in [-0.2, 0) is 0 Å². The predicted octanol–water partition coefficient (Wildman–Crippen LogP) is 8.06. The number of rotatable bonds is 15. The Kier molecular flexibility index (Phi) is 13.3. The lowest BCUT2D eigenvalue weighted by Crippen LogP contribution is -1.88. The summed E-state index contributed by atoms with van der Waals surface area (Å²) in [6.07, 6.45) is 16.0. The lowest BCUT2D eigenvalue weighted by Gasteiger charge is -2.02. The van der Waals surface area contributed by atoms with Crippen molar-refractivity contribution in [2.75, 3.05) is 13.1 Å². The first-order valence-corrected chi connectivity index (χ1v) is 13.1. The Morgan fingerprint density at radius 2 is 0.906 bits per heavy atom. The van der Waals surface area contributed by atoms with Crippen molar-refractivity contribution in [3.63, 3.8) is 0 Å². The number of nitrogens with zero attached hydrogens (tertiary/aromatic N) is 2. The summed E-state index contributed by atoms with van der Waals surface area (Å²) in [5.74, 6) is 0.522. The molecule has 0 saturated carbocycles. The van der Waals surface area contributed by atoms with E-state index >= 15 is 0 Å². The molecule has 0 heterocycles. The smallest absolute Gasteiger partial charge is 0.125 e. The normalized spacial score (nSPS) is 11.7. The van der Waals surface area contributed by atoms with Crippen LogP contribution in [0, 0.1) is 0 Å². The molecule has 2 rings (SSSR count). The third kappa shape index (κ3) is 11.3. The van der Waals surface area contributed by atoms with Gasteiger partial charge in [0.1, 0.15) is 11.5 Å². The van der Waals surface area contributed by atoms with Gasteiger partial charge in [0.25, 0.3) is 0 Å². The van der Waals surface area contributed by atoms with E-state index in [1.54, 1.807) is 24.6 Å². The van der Waals surface area contributed by atoms with Gasteiger partial charge in [0.2, 0.25) is 0 Å². The highest BCUT2D eigenvalue weighted by Crippen LogP contribution is 2.21. The molecule has 32 heavy (non-hydrogen) atoms. The number of unbranched alkanes of at least 4 members (excludes halogenated alkanes) is 9. The average Bonchev–Trinajstić information content (AvgIpc) is 2.76. The number of aliphatic imine (C=N–C) groups is 2. The monoisotopic (exact) mass is 564 g/mol. The van der Waals surface area contributed by atoms with Crippen LogP contribution < -0.4 is 0 Å². The molecule has 2 aromatic rings.